The first kappa shape index (κ1) is 21.8. The molecule has 0 aromatic carbocycles. The van der Waals surface area contributed by atoms with Gasteiger partial charge in [-0.15, -0.1) is 0 Å². The van der Waals surface area contributed by atoms with Gasteiger partial charge in [0.1, 0.15) is 5.82 Å². The topological polar surface area (TPSA) is 89.5 Å². The van der Waals surface area contributed by atoms with Gasteiger partial charge in [0, 0.05) is 11.6 Å². The zero-order valence-electron chi connectivity index (χ0n) is 15.8. The molecular weight excluding hydrogens is 348 g/mol. The Hall–Kier alpha value is -2.29. The molecule has 1 heterocycles. The molecule has 0 unspecified atom stereocenters. The fourth-order valence-corrected chi connectivity index (χ4v) is 1.66. The van der Waals surface area contributed by atoms with Gasteiger partial charge in [-0.1, -0.05) is 0 Å². The Morgan fingerprint density at radius 3 is 2.31 bits per heavy atom. The van der Waals surface area contributed by atoms with Crippen molar-refractivity contribution in [1.29, 1.82) is 0 Å². The Balaban J connectivity index is 2.87. The van der Waals surface area contributed by atoms with Crippen LogP contribution < -0.4 is 10.6 Å². The molecule has 26 heavy (non-hydrogen) atoms. The van der Waals surface area contributed by atoms with Crippen molar-refractivity contribution < 1.29 is 27.8 Å². The van der Waals surface area contributed by atoms with Gasteiger partial charge in [0.05, 0.1) is 18.4 Å². The van der Waals surface area contributed by atoms with Crippen molar-refractivity contribution in [2.75, 3.05) is 11.9 Å². The molecule has 2 N–H and O–H groups in total. The van der Waals surface area contributed by atoms with Crippen molar-refractivity contribution in [3.63, 3.8) is 0 Å². The van der Waals surface area contributed by atoms with E-state index in [0.717, 1.165) is 6.20 Å². The van der Waals surface area contributed by atoms with Gasteiger partial charge in [-0.05, 0) is 41.5 Å². The first-order chi connectivity index (χ1) is 11.8. The highest BCUT2D eigenvalue weighted by Gasteiger charge is 2.28. The number of aromatic nitrogens is 1. The van der Waals surface area contributed by atoms with E-state index in [9.17, 15) is 18.4 Å². The van der Waals surface area contributed by atoms with E-state index in [1.807, 2.05) is 0 Å². The SMILES string of the molecule is CC(C)(C)NC(=O)O[C@@H](COC(C)(C)C)C(=O)Nc1ncc(F)cc1F. The van der Waals surface area contributed by atoms with Gasteiger partial charge in [0.25, 0.3) is 5.91 Å². The number of carbonyl (C=O) groups is 2. The van der Waals surface area contributed by atoms with Crippen molar-refractivity contribution in [3.8, 4) is 0 Å². The summed E-state index contributed by atoms with van der Waals surface area (Å²) in [6, 6.07) is 0.580. The molecule has 1 atom stereocenters. The van der Waals surface area contributed by atoms with E-state index >= 15 is 0 Å². The quantitative estimate of drug-likeness (QED) is 0.828. The zero-order chi connectivity index (χ0) is 20.1. The summed E-state index contributed by atoms with van der Waals surface area (Å²) in [5.41, 5.74) is -1.17. The van der Waals surface area contributed by atoms with Crippen LogP contribution in [0.25, 0.3) is 0 Å². The van der Waals surface area contributed by atoms with Gasteiger partial charge in [0.15, 0.2) is 11.6 Å². The number of alkyl carbamates (subject to hydrolysis) is 1. The number of carbonyl (C=O) groups excluding carboxylic acids is 2. The molecule has 2 amide bonds. The smallest absolute Gasteiger partial charge is 0.408 e. The summed E-state index contributed by atoms with van der Waals surface area (Å²) in [4.78, 5) is 27.8. The monoisotopic (exact) mass is 373 g/mol. The normalized spacial score (nSPS) is 13.1. The van der Waals surface area contributed by atoms with E-state index in [4.69, 9.17) is 9.47 Å². The summed E-state index contributed by atoms with van der Waals surface area (Å²) < 4.78 is 37.2. The summed E-state index contributed by atoms with van der Waals surface area (Å²) in [6.45, 7) is 10.3. The standard InChI is InChI=1S/C17H25F2N3O4/c1-16(2,3)22-15(24)26-12(9-25-17(4,5)6)14(23)21-13-11(19)7-10(18)8-20-13/h7-8,12H,9H2,1-6H3,(H,22,24)(H,20,21,23)/t12-/m0/s1. The lowest BCUT2D eigenvalue weighted by atomic mass is 10.1. The lowest BCUT2D eigenvalue weighted by Crippen LogP contribution is -2.46. The first-order valence-corrected chi connectivity index (χ1v) is 8.01. The Morgan fingerprint density at radius 2 is 1.81 bits per heavy atom. The van der Waals surface area contributed by atoms with Crippen LogP contribution in [-0.4, -0.2) is 40.8 Å². The van der Waals surface area contributed by atoms with Crippen LogP contribution in [0.15, 0.2) is 12.3 Å². The lowest BCUT2D eigenvalue weighted by molar-refractivity contribution is -0.131. The maximum Gasteiger partial charge on any atom is 0.408 e. The Bertz CT molecular complexity index is 654. The molecule has 0 saturated carbocycles. The minimum Gasteiger partial charge on any atom is -0.434 e. The number of hydrogen-bond donors (Lipinski definition) is 2. The average molecular weight is 373 g/mol. The molecule has 0 fully saturated rings. The minimum atomic E-state index is -1.36. The van der Waals surface area contributed by atoms with Crippen molar-refractivity contribution in [2.45, 2.75) is 58.8 Å². The van der Waals surface area contributed by atoms with E-state index in [2.05, 4.69) is 15.6 Å². The number of halogens is 2. The third kappa shape index (κ3) is 8.19. The number of ether oxygens (including phenoxy) is 2. The van der Waals surface area contributed by atoms with Crippen LogP contribution in [0.3, 0.4) is 0 Å². The summed E-state index contributed by atoms with van der Waals surface area (Å²) in [6.07, 6.45) is -1.43. The number of amides is 2. The third-order valence-electron chi connectivity index (χ3n) is 2.74. The summed E-state index contributed by atoms with van der Waals surface area (Å²) in [7, 11) is 0. The molecule has 0 bridgehead atoms. The molecular formula is C17H25F2N3O4. The van der Waals surface area contributed by atoms with Crippen LogP contribution in [-0.2, 0) is 14.3 Å². The highest BCUT2D eigenvalue weighted by molar-refractivity contribution is 5.94. The van der Waals surface area contributed by atoms with Crippen molar-refractivity contribution in [1.82, 2.24) is 10.3 Å². The van der Waals surface area contributed by atoms with Crippen molar-refractivity contribution in [2.24, 2.45) is 0 Å². The van der Waals surface area contributed by atoms with Crippen LogP contribution in [0.4, 0.5) is 19.4 Å². The number of hydrogen-bond acceptors (Lipinski definition) is 5. The van der Waals surface area contributed by atoms with E-state index in [-0.39, 0.29) is 6.61 Å². The maximum absolute atomic E-state index is 13.7. The summed E-state index contributed by atoms with van der Waals surface area (Å²) in [5, 5.41) is 4.71. The molecule has 1 aromatic heterocycles. The summed E-state index contributed by atoms with van der Waals surface area (Å²) >= 11 is 0. The van der Waals surface area contributed by atoms with Crippen LogP contribution in [0.2, 0.25) is 0 Å². The highest BCUT2D eigenvalue weighted by atomic mass is 19.1. The van der Waals surface area contributed by atoms with Crippen LogP contribution in [0.5, 0.6) is 0 Å². The molecule has 0 radical (unpaired) electrons. The minimum absolute atomic E-state index is 0.254. The fourth-order valence-electron chi connectivity index (χ4n) is 1.66. The average Bonchev–Trinajstić information content (AvgIpc) is 2.43. The molecule has 0 saturated heterocycles. The Labute approximate surface area is 151 Å². The van der Waals surface area contributed by atoms with Crippen LogP contribution in [0, 0.1) is 11.6 Å². The molecule has 0 spiro atoms. The van der Waals surface area contributed by atoms with Gasteiger partial charge < -0.3 is 20.1 Å². The first-order valence-electron chi connectivity index (χ1n) is 8.01. The van der Waals surface area contributed by atoms with Crippen LogP contribution >= 0.6 is 0 Å². The van der Waals surface area contributed by atoms with E-state index < -0.39 is 46.7 Å². The second-order valence-electron chi connectivity index (χ2n) is 7.67. The van der Waals surface area contributed by atoms with Gasteiger partial charge in [-0.2, -0.15) is 0 Å². The molecule has 0 aliphatic rings. The summed E-state index contributed by atoms with van der Waals surface area (Å²) in [5.74, 6) is -3.25. The number of rotatable bonds is 5. The zero-order valence-corrected chi connectivity index (χ0v) is 15.8. The Kier molecular flexibility index (Phi) is 7.02. The van der Waals surface area contributed by atoms with Gasteiger partial charge in [0.2, 0.25) is 6.10 Å². The van der Waals surface area contributed by atoms with E-state index in [0.29, 0.717) is 6.07 Å². The Morgan fingerprint density at radius 1 is 1.19 bits per heavy atom. The second kappa shape index (κ2) is 8.39. The largest absolute Gasteiger partial charge is 0.434 e. The molecule has 7 nitrogen and oxygen atoms in total. The number of nitrogens with one attached hydrogen (secondary N) is 2. The highest BCUT2D eigenvalue weighted by Crippen LogP contribution is 2.14. The molecule has 0 aliphatic carbocycles. The maximum atomic E-state index is 13.7. The second-order valence-corrected chi connectivity index (χ2v) is 7.67. The van der Waals surface area contributed by atoms with E-state index in [1.54, 1.807) is 41.5 Å². The van der Waals surface area contributed by atoms with Crippen molar-refractivity contribution in [3.05, 3.63) is 23.9 Å². The van der Waals surface area contributed by atoms with Gasteiger partial charge in [-0.3, -0.25) is 4.79 Å². The predicted octanol–water partition coefficient (Wildman–Crippen LogP) is 3.01. The van der Waals surface area contributed by atoms with Gasteiger partial charge in [-0.25, -0.2) is 18.6 Å². The molecule has 146 valence electrons. The molecule has 1 rings (SSSR count). The molecule has 1 aromatic rings. The predicted molar refractivity (Wildman–Crippen MR) is 91.6 cm³/mol. The molecule has 9 heteroatoms. The van der Waals surface area contributed by atoms with Gasteiger partial charge >= 0.3 is 6.09 Å². The van der Waals surface area contributed by atoms with Crippen LogP contribution in [0.1, 0.15) is 41.5 Å². The molecule has 0 aliphatic heterocycles. The number of anilines is 1. The lowest BCUT2D eigenvalue weighted by Gasteiger charge is -2.26. The number of pyridine rings is 1. The van der Waals surface area contributed by atoms with Crippen molar-refractivity contribution >= 4 is 17.8 Å². The third-order valence-corrected chi connectivity index (χ3v) is 2.74. The fraction of sp³-hybridized carbons (Fsp3) is 0.588. The van der Waals surface area contributed by atoms with E-state index in [1.165, 1.54) is 0 Å². The number of nitrogens with zero attached hydrogens (tertiary/aromatic N) is 1.